The van der Waals surface area contributed by atoms with Gasteiger partial charge in [0.15, 0.2) is 0 Å². The highest BCUT2D eigenvalue weighted by atomic mass is 16.5. The van der Waals surface area contributed by atoms with Gasteiger partial charge in [-0.15, -0.1) is 0 Å². The Balaban J connectivity index is 0.00000144. The van der Waals surface area contributed by atoms with Gasteiger partial charge < -0.3 is 4.74 Å². The molecular formula is C15H16O2. The molecule has 0 saturated heterocycles. The van der Waals surface area contributed by atoms with Crippen molar-refractivity contribution in [3.8, 4) is 16.9 Å². The maximum Gasteiger partial charge on any atom is 0.150 e. The van der Waals surface area contributed by atoms with E-state index in [0.717, 1.165) is 23.2 Å². The molecule has 0 unspecified atom stereocenters. The third-order valence-electron chi connectivity index (χ3n) is 2.47. The minimum atomic E-state index is 0. The van der Waals surface area contributed by atoms with Crippen molar-refractivity contribution in [1.29, 1.82) is 0 Å². The number of aldehydes is 1. The van der Waals surface area contributed by atoms with Crippen molar-refractivity contribution in [3.63, 3.8) is 0 Å². The van der Waals surface area contributed by atoms with Gasteiger partial charge in [-0.25, -0.2) is 0 Å². The van der Waals surface area contributed by atoms with Crippen LogP contribution in [0.3, 0.4) is 0 Å². The van der Waals surface area contributed by atoms with Crippen LogP contribution < -0.4 is 4.74 Å². The zero-order chi connectivity index (χ0) is 11.4. The molecule has 0 fully saturated rings. The van der Waals surface area contributed by atoms with Crippen molar-refractivity contribution in [3.05, 3.63) is 54.1 Å². The third-order valence-corrected chi connectivity index (χ3v) is 2.47. The molecule has 0 heterocycles. The van der Waals surface area contributed by atoms with E-state index >= 15 is 0 Å². The van der Waals surface area contributed by atoms with Crippen molar-refractivity contribution in [2.75, 3.05) is 7.11 Å². The highest BCUT2D eigenvalue weighted by Gasteiger charge is 1.98. The van der Waals surface area contributed by atoms with Crippen LogP contribution in [0.1, 0.15) is 17.8 Å². The minimum absolute atomic E-state index is 0. The Bertz CT molecular complexity index is 469. The average Bonchev–Trinajstić information content (AvgIpc) is 2.39. The second-order valence-electron chi connectivity index (χ2n) is 3.47. The van der Waals surface area contributed by atoms with Gasteiger partial charge in [0.1, 0.15) is 12.0 Å². The van der Waals surface area contributed by atoms with Crippen LogP contribution in [-0.4, -0.2) is 13.4 Å². The largest absolute Gasteiger partial charge is 0.497 e. The van der Waals surface area contributed by atoms with E-state index in [2.05, 4.69) is 0 Å². The quantitative estimate of drug-likeness (QED) is 0.747. The number of hydrogen-bond acceptors (Lipinski definition) is 2. The van der Waals surface area contributed by atoms with Gasteiger partial charge in [-0.2, -0.15) is 0 Å². The van der Waals surface area contributed by atoms with Crippen LogP contribution in [0, 0.1) is 0 Å². The van der Waals surface area contributed by atoms with Gasteiger partial charge in [-0.1, -0.05) is 43.8 Å². The first kappa shape index (κ1) is 13.0. The van der Waals surface area contributed by atoms with Crippen molar-refractivity contribution in [2.45, 2.75) is 7.43 Å². The number of rotatable bonds is 3. The first-order valence-corrected chi connectivity index (χ1v) is 5.03. The Labute approximate surface area is 102 Å². The van der Waals surface area contributed by atoms with E-state index in [-0.39, 0.29) is 7.43 Å². The van der Waals surface area contributed by atoms with Crippen molar-refractivity contribution in [1.82, 2.24) is 0 Å². The molecule has 0 atom stereocenters. The highest BCUT2D eigenvalue weighted by molar-refractivity contribution is 5.76. The average molecular weight is 228 g/mol. The van der Waals surface area contributed by atoms with E-state index in [9.17, 15) is 4.79 Å². The summed E-state index contributed by atoms with van der Waals surface area (Å²) in [6.45, 7) is 0. The first-order chi connectivity index (χ1) is 7.83. The van der Waals surface area contributed by atoms with Gasteiger partial charge in [0.25, 0.3) is 0 Å². The molecule has 0 amide bonds. The molecule has 0 radical (unpaired) electrons. The van der Waals surface area contributed by atoms with E-state index in [4.69, 9.17) is 4.74 Å². The predicted molar refractivity (Wildman–Crippen MR) is 70.5 cm³/mol. The van der Waals surface area contributed by atoms with Crippen molar-refractivity contribution in [2.24, 2.45) is 0 Å². The van der Waals surface area contributed by atoms with Gasteiger partial charge in [-0.05, 0) is 23.3 Å². The lowest BCUT2D eigenvalue weighted by atomic mass is 10.0. The minimum Gasteiger partial charge on any atom is -0.497 e. The topological polar surface area (TPSA) is 26.3 Å². The lowest BCUT2D eigenvalue weighted by molar-refractivity contribution is 0.112. The molecule has 0 spiro atoms. The van der Waals surface area contributed by atoms with Gasteiger partial charge in [0.2, 0.25) is 0 Å². The molecule has 0 aliphatic rings. The maximum absolute atomic E-state index is 10.5. The van der Waals surface area contributed by atoms with Crippen LogP contribution in [0.4, 0.5) is 0 Å². The van der Waals surface area contributed by atoms with Gasteiger partial charge >= 0.3 is 0 Å². The summed E-state index contributed by atoms with van der Waals surface area (Å²) in [5.74, 6) is 0.841. The van der Waals surface area contributed by atoms with E-state index in [1.807, 2.05) is 48.5 Å². The number of hydrogen-bond donors (Lipinski definition) is 0. The van der Waals surface area contributed by atoms with Crippen LogP contribution in [-0.2, 0) is 0 Å². The monoisotopic (exact) mass is 228 g/mol. The van der Waals surface area contributed by atoms with E-state index in [1.54, 1.807) is 7.11 Å². The zero-order valence-electron chi connectivity index (χ0n) is 9.01. The number of carbonyl (C=O) groups is 1. The molecule has 2 nitrogen and oxygen atoms in total. The molecule has 2 rings (SSSR count). The number of benzene rings is 2. The summed E-state index contributed by atoms with van der Waals surface area (Å²) in [5, 5.41) is 0. The molecular weight excluding hydrogens is 212 g/mol. The normalized spacial score (nSPS) is 9.24. The summed E-state index contributed by atoms with van der Waals surface area (Å²) in [6.07, 6.45) is 0.845. The second kappa shape index (κ2) is 5.85. The lowest BCUT2D eigenvalue weighted by Crippen LogP contribution is -1.83. The SMILES string of the molecule is C.COc1ccc(-c2ccc(C=O)cc2)cc1. The van der Waals surface area contributed by atoms with Crippen LogP contribution in [0.25, 0.3) is 11.1 Å². The standard InChI is InChI=1S/C14H12O2.CH4/c1-16-14-8-6-13(7-9-14)12-4-2-11(10-15)3-5-12;/h2-10H,1H3;1H4. The molecule has 0 aromatic heterocycles. The summed E-state index contributed by atoms with van der Waals surface area (Å²) in [4.78, 5) is 10.5. The summed E-state index contributed by atoms with van der Waals surface area (Å²) < 4.78 is 5.10. The fourth-order valence-electron chi connectivity index (χ4n) is 1.54. The van der Waals surface area contributed by atoms with E-state index < -0.39 is 0 Å². The van der Waals surface area contributed by atoms with E-state index in [1.165, 1.54) is 0 Å². The molecule has 0 aliphatic heterocycles. The van der Waals surface area contributed by atoms with Crippen molar-refractivity contribution >= 4 is 6.29 Å². The highest BCUT2D eigenvalue weighted by Crippen LogP contribution is 2.22. The van der Waals surface area contributed by atoms with Gasteiger partial charge in [0.05, 0.1) is 7.11 Å². The lowest BCUT2D eigenvalue weighted by Gasteiger charge is -2.03. The van der Waals surface area contributed by atoms with E-state index in [0.29, 0.717) is 5.56 Å². The smallest absolute Gasteiger partial charge is 0.150 e. The Hall–Kier alpha value is -2.09. The predicted octanol–water partition coefficient (Wildman–Crippen LogP) is 3.81. The Morgan fingerprint density at radius 2 is 1.35 bits per heavy atom. The summed E-state index contributed by atoms with van der Waals surface area (Å²) in [6, 6.07) is 15.3. The third kappa shape index (κ3) is 2.94. The summed E-state index contributed by atoms with van der Waals surface area (Å²) in [7, 11) is 1.65. The molecule has 88 valence electrons. The molecule has 2 heteroatoms. The van der Waals surface area contributed by atoms with Gasteiger partial charge in [-0.3, -0.25) is 4.79 Å². The Kier molecular flexibility index (Phi) is 4.46. The molecule has 17 heavy (non-hydrogen) atoms. The second-order valence-corrected chi connectivity index (χ2v) is 3.47. The number of ether oxygens (including phenoxy) is 1. The summed E-state index contributed by atoms with van der Waals surface area (Å²) in [5.41, 5.74) is 2.89. The number of methoxy groups -OCH3 is 1. The van der Waals surface area contributed by atoms with Crippen molar-refractivity contribution < 1.29 is 9.53 Å². The van der Waals surface area contributed by atoms with Crippen LogP contribution in [0.5, 0.6) is 5.75 Å². The molecule has 2 aromatic rings. The molecule has 0 N–H and O–H groups in total. The Morgan fingerprint density at radius 3 is 1.76 bits per heavy atom. The van der Waals surface area contributed by atoms with Crippen LogP contribution in [0.15, 0.2) is 48.5 Å². The first-order valence-electron chi connectivity index (χ1n) is 5.03. The van der Waals surface area contributed by atoms with Crippen LogP contribution >= 0.6 is 0 Å². The number of carbonyl (C=O) groups excluding carboxylic acids is 1. The van der Waals surface area contributed by atoms with Crippen LogP contribution in [0.2, 0.25) is 0 Å². The molecule has 0 bridgehead atoms. The molecule has 0 saturated carbocycles. The molecule has 2 aromatic carbocycles. The Morgan fingerprint density at radius 1 is 0.882 bits per heavy atom. The zero-order valence-corrected chi connectivity index (χ0v) is 9.01. The molecule has 0 aliphatic carbocycles. The van der Waals surface area contributed by atoms with Gasteiger partial charge in [0, 0.05) is 5.56 Å². The fraction of sp³-hybridized carbons (Fsp3) is 0.133. The fourth-order valence-corrected chi connectivity index (χ4v) is 1.54. The summed E-state index contributed by atoms with van der Waals surface area (Å²) >= 11 is 0. The maximum atomic E-state index is 10.5.